The number of hydrogen-bond acceptors (Lipinski definition) is 12. The van der Waals surface area contributed by atoms with Gasteiger partial charge in [0.15, 0.2) is 11.6 Å². The molecule has 0 unspecified atom stereocenters. The van der Waals surface area contributed by atoms with E-state index in [4.69, 9.17) is 18.9 Å². The molecule has 0 fully saturated rings. The van der Waals surface area contributed by atoms with Gasteiger partial charge in [0.1, 0.15) is 23.6 Å². The van der Waals surface area contributed by atoms with E-state index >= 15 is 0 Å². The number of rotatable bonds is 17. The lowest BCUT2D eigenvalue weighted by atomic mass is 10.0. The molecule has 0 aromatic heterocycles. The number of carbonyl (C=O) groups excluding carboxylic acids is 8. The molecule has 0 saturated carbocycles. The zero-order valence-corrected chi connectivity index (χ0v) is 27.3. The van der Waals surface area contributed by atoms with Crippen molar-refractivity contribution in [1.29, 1.82) is 0 Å². The average Bonchev–Trinajstić information content (AvgIpc) is 3.58. The molecule has 0 bridgehead atoms. The first-order chi connectivity index (χ1) is 23.9. The van der Waals surface area contributed by atoms with Crippen LogP contribution >= 0.6 is 0 Å². The second kappa shape index (κ2) is 17.4. The number of hydrogen-bond donors (Lipinski definition) is 0. The van der Waals surface area contributed by atoms with Gasteiger partial charge in [-0.3, -0.25) is 28.9 Å². The molecule has 1 aliphatic heterocycles. The number of unbranched alkanes of at least 4 members (excludes halogenated alkanes) is 4. The lowest BCUT2D eigenvalue weighted by Gasteiger charge is -2.15. The van der Waals surface area contributed by atoms with Gasteiger partial charge in [0.25, 0.3) is 11.8 Å². The monoisotopic (exact) mass is 685 g/mol. The van der Waals surface area contributed by atoms with Crippen molar-refractivity contribution in [3.8, 4) is 22.6 Å². The third-order valence-electron chi connectivity index (χ3n) is 7.60. The van der Waals surface area contributed by atoms with Crippen LogP contribution in [0.25, 0.3) is 11.1 Å². The Labute approximate surface area is 287 Å². The van der Waals surface area contributed by atoms with Gasteiger partial charge in [0, 0.05) is 17.7 Å². The fourth-order valence-electron chi connectivity index (χ4n) is 4.89. The number of ketones is 2. The predicted octanol–water partition coefficient (Wildman–Crippen LogP) is 4.03. The molecule has 1 heterocycles. The summed E-state index contributed by atoms with van der Waals surface area (Å²) in [5.41, 5.74) is 1.37. The molecular formula is C37H35NO12. The standard InChI is InChI=1S/C37H35NO12/c1-23(2)36(45)47-18-6-4-3-5-7-19-48-37(46)28-20-25(10-15-31(28)50-35(44)22-38-32(41)16-17-33(38)42)24-8-11-26(12-9-24)49-34(43)21-27-29(39)13-14-30(27)40/h8-17,20,27H,1,3-7,18-19,21-22H2,2H3. The number of imide groups is 1. The zero-order chi connectivity index (χ0) is 36.2. The van der Waals surface area contributed by atoms with Crippen LogP contribution in [0.15, 0.2) is 78.9 Å². The molecule has 0 spiro atoms. The summed E-state index contributed by atoms with van der Waals surface area (Å²) in [4.78, 5) is 97.7. The molecule has 2 aromatic carbocycles. The summed E-state index contributed by atoms with van der Waals surface area (Å²) in [5, 5.41) is 0. The molecule has 13 heteroatoms. The summed E-state index contributed by atoms with van der Waals surface area (Å²) in [6.45, 7) is 4.83. The van der Waals surface area contributed by atoms with E-state index in [1.807, 2.05) is 0 Å². The Balaban J connectivity index is 1.38. The molecule has 4 rings (SSSR count). The van der Waals surface area contributed by atoms with Crippen LogP contribution in [0.1, 0.15) is 55.8 Å². The largest absolute Gasteiger partial charge is 0.462 e. The highest BCUT2D eigenvalue weighted by atomic mass is 16.6. The normalized spacial score (nSPS) is 13.9. The molecule has 260 valence electrons. The lowest BCUT2D eigenvalue weighted by molar-refractivity contribution is -0.146. The van der Waals surface area contributed by atoms with E-state index in [9.17, 15) is 38.4 Å². The van der Waals surface area contributed by atoms with Gasteiger partial charge in [-0.1, -0.05) is 44.0 Å². The van der Waals surface area contributed by atoms with Crippen LogP contribution in [0.2, 0.25) is 0 Å². The van der Waals surface area contributed by atoms with Gasteiger partial charge in [0.2, 0.25) is 0 Å². The number of esters is 4. The first-order valence-electron chi connectivity index (χ1n) is 15.9. The van der Waals surface area contributed by atoms with Crippen LogP contribution in [-0.4, -0.2) is 71.9 Å². The van der Waals surface area contributed by atoms with E-state index in [0.29, 0.717) is 41.0 Å². The van der Waals surface area contributed by atoms with Crippen LogP contribution < -0.4 is 9.47 Å². The average molecular weight is 686 g/mol. The number of ether oxygens (including phenoxy) is 4. The van der Waals surface area contributed by atoms with Crippen LogP contribution in [0, 0.1) is 5.92 Å². The van der Waals surface area contributed by atoms with E-state index in [0.717, 1.165) is 43.6 Å². The van der Waals surface area contributed by atoms with E-state index in [2.05, 4.69) is 6.58 Å². The summed E-state index contributed by atoms with van der Waals surface area (Å²) in [7, 11) is 0. The maximum atomic E-state index is 13.2. The minimum atomic E-state index is -1.08. The summed E-state index contributed by atoms with van der Waals surface area (Å²) >= 11 is 0. The number of carbonyl (C=O) groups is 8. The molecule has 50 heavy (non-hydrogen) atoms. The molecule has 2 amide bonds. The van der Waals surface area contributed by atoms with Crippen LogP contribution in [0.5, 0.6) is 11.5 Å². The number of nitrogens with zero attached hydrogens (tertiary/aromatic N) is 1. The predicted molar refractivity (Wildman–Crippen MR) is 175 cm³/mol. The van der Waals surface area contributed by atoms with E-state index in [1.54, 1.807) is 25.1 Å². The molecule has 0 atom stereocenters. The molecule has 0 N–H and O–H groups in total. The molecule has 0 radical (unpaired) electrons. The highest BCUT2D eigenvalue weighted by Gasteiger charge is 2.31. The topological polar surface area (TPSA) is 177 Å². The Morgan fingerprint density at radius 1 is 0.700 bits per heavy atom. The second-order valence-corrected chi connectivity index (χ2v) is 11.5. The van der Waals surface area contributed by atoms with E-state index < -0.39 is 59.7 Å². The number of benzene rings is 2. The Kier molecular flexibility index (Phi) is 12.8. The Bertz CT molecular complexity index is 1730. The third-order valence-corrected chi connectivity index (χ3v) is 7.60. The van der Waals surface area contributed by atoms with Gasteiger partial charge < -0.3 is 18.9 Å². The molecule has 13 nitrogen and oxygen atoms in total. The van der Waals surface area contributed by atoms with Gasteiger partial charge in [-0.2, -0.15) is 0 Å². The van der Waals surface area contributed by atoms with Crippen molar-refractivity contribution in [1.82, 2.24) is 4.90 Å². The first kappa shape index (κ1) is 36.8. The SMILES string of the molecule is C=C(C)C(=O)OCCCCCCCOC(=O)c1cc(-c2ccc(OC(=O)CC3C(=O)C=CC3=O)cc2)ccc1OC(=O)CN1C(=O)C=CC1=O. The maximum absolute atomic E-state index is 13.2. The van der Waals surface area contributed by atoms with Crippen LogP contribution in [0.3, 0.4) is 0 Å². The summed E-state index contributed by atoms with van der Waals surface area (Å²) in [6.07, 6.45) is 7.57. The molecular weight excluding hydrogens is 650 g/mol. The Morgan fingerprint density at radius 3 is 1.90 bits per heavy atom. The molecule has 2 aliphatic rings. The van der Waals surface area contributed by atoms with Crippen molar-refractivity contribution in [3.63, 3.8) is 0 Å². The number of amides is 2. The minimum Gasteiger partial charge on any atom is -0.462 e. The summed E-state index contributed by atoms with van der Waals surface area (Å²) in [6, 6.07) is 10.6. The second-order valence-electron chi connectivity index (χ2n) is 11.5. The van der Waals surface area contributed by atoms with Crippen molar-refractivity contribution in [2.75, 3.05) is 19.8 Å². The highest BCUT2D eigenvalue weighted by Crippen LogP contribution is 2.29. The van der Waals surface area contributed by atoms with Gasteiger partial charge in [0.05, 0.1) is 25.6 Å². The fourth-order valence-corrected chi connectivity index (χ4v) is 4.89. The van der Waals surface area contributed by atoms with E-state index in [1.165, 1.54) is 24.3 Å². The quantitative estimate of drug-likeness (QED) is 0.0584. The number of allylic oxidation sites excluding steroid dienone is 2. The Morgan fingerprint density at radius 2 is 1.28 bits per heavy atom. The van der Waals surface area contributed by atoms with Gasteiger partial charge in [-0.05, 0) is 67.3 Å². The van der Waals surface area contributed by atoms with Crippen molar-refractivity contribution in [2.24, 2.45) is 5.92 Å². The van der Waals surface area contributed by atoms with Gasteiger partial charge >= 0.3 is 23.9 Å². The molecule has 1 aliphatic carbocycles. The van der Waals surface area contributed by atoms with Crippen molar-refractivity contribution >= 4 is 47.3 Å². The van der Waals surface area contributed by atoms with Crippen molar-refractivity contribution in [2.45, 2.75) is 45.4 Å². The maximum Gasteiger partial charge on any atom is 0.341 e. The lowest BCUT2D eigenvalue weighted by Crippen LogP contribution is -2.36. The van der Waals surface area contributed by atoms with Crippen LogP contribution in [-0.2, 0) is 43.0 Å². The van der Waals surface area contributed by atoms with E-state index in [-0.39, 0.29) is 30.1 Å². The zero-order valence-electron chi connectivity index (χ0n) is 27.3. The minimum absolute atomic E-state index is 0.0811. The third kappa shape index (κ3) is 10.3. The Hall–Kier alpha value is -5.98. The smallest absolute Gasteiger partial charge is 0.341 e. The summed E-state index contributed by atoms with van der Waals surface area (Å²) < 4.78 is 21.2. The highest BCUT2D eigenvalue weighted by molar-refractivity contribution is 6.20. The molecule has 0 saturated heterocycles. The van der Waals surface area contributed by atoms with Gasteiger partial charge in [-0.15, -0.1) is 0 Å². The fraction of sp³-hybridized carbons (Fsp3) is 0.297. The van der Waals surface area contributed by atoms with Crippen LogP contribution in [0.4, 0.5) is 0 Å². The van der Waals surface area contributed by atoms with Gasteiger partial charge in [-0.25, -0.2) is 14.4 Å². The molecule has 2 aromatic rings. The summed E-state index contributed by atoms with van der Waals surface area (Å²) in [5.74, 6) is -6.17. The van der Waals surface area contributed by atoms with Crippen molar-refractivity contribution < 1.29 is 57.3 Å². The van der Waals surface area contributed by atoms with Crippen molar-refractivity contribution in [3.05, 3.63) is 84.5 Å². The first-order valence-corrected chi connectivity index (χ1v) is 15.9.